The van der Waals surface area contributed by atoms with Crippen molar-refractivity contribution in [3.05, 3.63) is 58.9 Å². The molecule has 0 unspecified atom stereocenters. The zero-order valence-electron chi connectivity index (χ0n) is 13.6. The van der Waals surface area contributed by atoms with Crippen molar-refractivity contribution < 1.29 is 9.18 Å². The molecule has 3 aromatic rings. The molecule has 0 saturated heterocycles. The van der Waals surface area contributed by atoms with Gasteiger partial charge in [0.15, 0.2) is 4.34 Å². The number of rotatable bonds is 6. The zero-order chi connectivity index (χ0) is 18.5. The summed E-state index contributed by atoms with van der Waals surface area (Å²) in [6, 6.07) is 12.0. The molecule has 1 amide bonds. The third kappa shape index (κ3) is 5.17. The maximum absolute atomic E-state index is 13.1. The molecule has 0 saturated carbocycles. The largest absolute Gasteiger partial charge is 0.330 e. The summed E-state index contributed by atoms with van der Waals surface area (Å²) in [4.78, 5) is 12.0. The number of carbonyl (C=O) groups excluding carboxylic acids is 1. The summed E-state index contributed by atoms with van der Waals surface area (Å²) in [5.41, 5.74) is 2.55. The number of halogens is 2. The van der Waals surface area contributed by atoms with Crippen LogP contribution in [0.4, 0.5) is 20.9 Å². The summed E-state index contributed by atoms with van der Waals surface area (Å²) in [7, 11) is 0. The summed E-state index contributed by atoms with van der Waals surface area (Å²) in [6.07, 6.45) is 0. The van der Waals surface area contributed by atoms with Crippen LogP contribution in [-0.2, 0) is 4.79 Å². The highest BCUT2D eigenvalue weighted by molar-refractivity contribution is 8.01. The Morgan fingerprint density at radius 2 is 1.92 bits per heavy atom. The van der Waals surface area contributed by atoms with Crippen LogP contribution in [0.2, 0.25) is 5.02 Å². The molecule has 1 heterocycles. The smallest absolute Gasteiger partial charge is 0.234 e. The Morgan fingerprint density at radius 1 is 1.19 bits per heavy atom. The Balaban J connectivity index is 1.51. The standard InChI is InChI=1S/C17H14ClFN4OS2/c1-10-2-4-11(5-3-10)21-16-22-23-17(26-16)25-9-15(24)20-12-6-7-14(19)13(18)8-12/h2-8H,9H2,1H3,(H,20,24)(H,21,22). The van der Waals surface area contributed by atoms with E-state index >= 15 is 0 Å². The third-order valence-corrected chi connectivity index (χ3v) is 5.50. The van der Waals surface area contributed by atoms with E-state index in [4.69, 9.17) is 11.6 Å². The summed E-state index contributed by atoms with van der Waals surface area (Å²) < 4.78 is 13.8. The molecule has 0 aliphatic heterocycles. The minimum Gasteiger partial charge on any atom is -0.330 e. The molecular weight excluding hydrogens is 395 g/mol. The van der Waals surface area contributed by atoms with Gasteiger partial charge in [0.1, 0.15) is 5.82 Å². The molecule has 0 bridgehead atoms. The predicted molar refractivity (Wildman–Crippen MR) is 105 cm³/mol. The van der Waals surface area contributed by atoms with Crippen LogP contribution in [0.3, 0.4) is 0 Å². The monoisotopic (exact) mass is 408 g/mol. The number of nitrogens with one attached hydrogen (secondary N) is 2. The molecule has 0 radical (unpaired) electrons. The molecule has 2 N–H and O–H groups in total. The van der Waals surface area contributed by atoms with Gasteiger partial charge in [0.05, 0.1) is 10.8 Å². The summed E-state index contributed by atoms with van der Waals surface area (Å²) in [5, 5.41) is 14.6. The van der Waals surface area contributed by atoms with Gasteiger partial charge in [-0.3, -0.25) is 4.79 Å². The number of hydrogen-bond donors (Lipinski definition) is 2. The van der Waals surface area contributed by atoms with Gasteiger partial charge in [0.2, 0.25) is 11.0 Å². The molecule has 5 nitrogen and oxygen atoms in total. The topological polar surface area (TPSA) is 66.9 Å². The minimum atomic E-state index is -0.526. The zero-order valence-corrected chi connectivity index (χ0v) is 16.0. The number of aromatic nitrogens is 2. The quantitative estimate of drug-likeness (QED) is 0.554. The summed E-state index contributed by atoms with van der Waals surface area (Å²) in [5.74, 6) is -0.601. The van der Waals surface area contributed by atoms with Crippen molar-refractivity contribution in [2.24, 2.45) is 0 Å². The number of thioether (sulfide) groups is 1. The molecule has 0 aliphatic rings. The number of carbonyl (C=O) groups is 1. The van der Waals surface area contributed by atoms with Gasteiger partial charge in [-0.15, -0.1) is 10.2 Å². The molecule has 2 aromatic carbocycles. The van der Waals surface area contributed by atoms with E-state index in [1.165, 1.54) is 46.9 Å². The Hall–Kier alpha value is -2.16. The van der Waals surface area contributed by atoms with E-state index in [1.807, 2.05) is 31.2 Å². The number of aryl methyl sites for hydroxylation is 1. The SMILES string of the molecule is Cc1ccc(Nc2nnc(SCC(=O)Nc3ccc(F)c(Cl)c3)s2)cc1. The molecule has 0 aliphatic carbocycles. The first-order valence-corrected chi connectivity index (χ1v) is 9.72. The molecular formula is C17H14ClFN4OS2. The van der Waals surface area contributed by atoms with Crippen molar-refractivity contribution >= 4 is 57.1 Å². The van der Waals surface area contributed by atoms with Crippen molar-refractivity contribution in [2.45, 2.75) is 11.3 Å². The lowest BCUT2D eigenvalue weighted by atomic mass is 10.2. The molecule has 9 heteroatoms. The van der Waals surface area contributed by atoms with E-state index in [2.05, 4.69) is 20.8 Å². The van der Waals surface area contributed by atoms with E-state index in [-0.39, 0.29) is 16.7 Å². The molecule has 134 valence electrons. The maximum Gasteiger partial charge on any atom is 0.234 e. The molecule has 3 rings (SSSR count). The van der Waals surface area contributed by atoms with Crippen LogP contribution in [0.15, 0.2) is 46.8 Å². The molecule has 26 heavy (non-hydrogen) atoms. The molecule has 1 aromatic heterocycles. The number of hydrogen-bond acceptors (Lipinski definition) is 6. The van der Waals surface area contributed by atoms with Crippen molar-refractivity contribution in [1.82, 2.24) is 10.2 Å². The van der Waals surface area contributed by atoms with E-state index < -0.39 is 5.82 Å². The molecule has 0 spiro atoms. The lowest BCUT2D eigenvalue weighted by Gasteiger charge is -2.04. The van der Waals surface area contributed by atoms with Gasteiger partial charge < -0.3 is 10.6 Å². The fourth-order valence-electron chi connectivity index (χ4n) is 1.98. The lowest BCUT2D eigenvalue weighted by Crippen LogP contribution is -2.13. The highest BCUT2D eigenvalue weighted by Gasteiger charge is 2.10. The molecule has 0 atom stereocenters. The summed E-state index contributed by atoms with van der Waals surface area (Å²) in [6.45, 7) is 2.02. The van der Waals surface area contributed by atoms with Crippen LogP contribution in [0, 0.1) is 12.7 Å². The van der Waals surface area contributed by atoms with Crippen LogP contribution in [0.1, 0.15) is 5.56 Å². The second-order valence-electron chi connectivity index (χ2n) is 5.33. The second-order valence-corrected chi connectivity index (χ2v) is 7.94. The van der Waals surface area contributed by atoms with Gasteiger partial charge in [0.25, 0.3) is 0 Å². The van der Waals surface area contributed by atoms with Gasteiger partial charge >= 0.3 is 0 Å². The van der Waals surface area contributed by atoms with Crippen LogP contribution < -0.4 is 10.6 Å². The van der Waals surface area contributed by atoms with Crippen molar-refractivity contribution in [3.8, 4) is 0 Å². The highest BCUT2D eigenvalue weighted by atomic mass is 35.5. The van der Waals surface area contributed by atoms with E-state index in [0.29, 0.717) is 15.2 Å². The number of anilines is 3. The van der Waals surface area contributed by atoms with Crippen LogP contribution in [0.25, 0.3) is 0 Å². The van der Waals surface area contributed by atoms with Crippen LogP contribution >= 0.6 is 34.7 Å². The Kier molecular flexibility index (Phi) is 6.08. The number of amides is 1. The van der Waals surface area contributed by atoms with E-state index in [0.717, 1.165) is 5.69 Å². The van der Waals surface area contributed by atoms with Gasteiger partial charge in [-0.2, -0.15) is 0 Å². The Morgan fingerprint density at radius 3 is 2.65 bits per heavy atom. The first kappa shape index (κ1) is 18.6. The fourth-order valence-corrected chi connectivity index (χ4v) is 3.73. The Labute approximate surface area is 163 Å². The van der Waals surface area contributed by atoms with Crippen LogP contribution in [-0.4, -0.2) is 21.9 Å². The van der Waals surface area contributed by atoms with Crippen molar-refractivity contribution in [3.63, 3.8) is 0 Å². The second kappa shape index (κ2) is 8.48. The highest BCUT2D eigenvalue weighted by Crippen LogP contribution is 2.28. The average molecular weight is 409 g/mol. The fraction of sp³-hybridized carbons (Fsp3) is 0.118. The molecule has 0 fully saturated rings. The average Bonchev–Trinajstić information content (AvgIpc) is 3.06. The van der Waals surface area contributed by atoms with Gasteiger partial charge in [0, 0.05) is 11.4 Å². The maximum atomic E-state index is 13.1. The number of nitrogens with zero attached hydrogens (tertiary/aromatic N) is 2. The van der Waals surface area contributed by atoms with Crippen LogP contribution in [0.5, 0.6) is 0 Å². The van der Waals surface area contributed by atoms with Gasteiger partial charge in [-0.1, -0.05) is 52.4 Å². The first-order chi connectivity index (χ1) is 12.5. The van der Waals surface area contributed by atoms with Crippen molar-refractivity contribution in [1.29, 1.82) is 0 Å². The number of benzene rings is 2. The summed E-state index contributed by atoms with van der Waals surface area (Å²) >= 11 is 8.33. The Bertz CT molecular complexity index is 917. The first-order valence-electron chi connectivity index (χ1n) is 7.54. The normalized spacial score (nSPS) is 10.6. The van der Waals surface area contributed by atoms with Gasteiger partial charge in [-0.25, -0.2) is 4.39 Å². The lowest BCUT2D eigenvalue weighted by molar-refractivity contribution is -0.113. The van der Waals surface area contributed by atoms with E-state index in [9.17, 15) is 9.18 Å². The predicted octanol–water partition coefficient (Wildman–Crippen LogP) is 5.11. The van der Waals surface area contributed by atoms with E-state index in [1.54, 1.807) is 0 Å². The third-order valence-electron chi connectivity index (χ3n) is 3.24. The van der Waals surface area contributed by atoms with Crippen molar-refractivity contribution in [2.75, 3.05) is 16.4 Å². The van der Waals surface area contributed by atoms with Gasteiger partial charge in [-0.05, 0) is 37.3 Å². The minimum absolute atomic E-state index is 0.0357.